The van der Waals surface area contributed by atoms with E-state index in [1.165, 1.54) is 0 Å². The summed E-state index contributed by atoms with van der Waals surface area (Å²) in [5.74, 6) is -0.0593. The summed E-state index contributed by atoms with van der Waals surface area (Å²) in [6.07, 6.45) is 3.83. The molecule has 0 aliphatic rings. The predicted molar refractivity (Wildman–Crippen MR) is 67.2 cm³/mol. The fraction of sp³-hybridized carbons (Fsp3) is 0.500. The maximum absolute atomic E-state index is 10.7. The number of unbranched alkanes of at least 4 members (excludes halogenated alkanes) is 2. The van der Waals surface area contributed by atoms with Gasteiger partial charge in [-0.05, 0) is 13.3 Å². The molecular weight excluding hydrogens is 200 g/mol. The van der Waals surface area contributed by atoms with Gasteiger partial charge in [0, 0.05) is 6.42 Å². The highest BCUT2D eigenvalue weighted by Crippen LogP contribution is 1.99. The Hall–Kier alpha value is -1.31. The van der Waals surface area contributed by atoms with Gasteiger partial charge in [0.2, 0.25) is 0 Å². The minimum absolute atomic E-state index is 0.0593. The van der Waals surface area contributed by atoms with Crippen molar-refractivity contribution in [3.8, 4) is 0 Å². The summed E-state index contributed by atoms with van der Waals surface area (Å²) in [5.41, 5.74) is 0. The van der Waals surface area contributed by atoms with Crippen molar-refractivity contribution in [1.82, 2.24) is 0 Å². The van der Waals surface area contributed by atoms with Crippen molar-refractivity contribution in [2.24, 2.45) is 0 Å². The molecule has 0 radical (unpaired) electrons. The summed E-state index contributed by atoms with van der Waals surface area (Å²) in [7, 11) is 0. The molecule has 0 aliphatic heterocycles. The Morgan fingerprint density at radius 2 is 1.44 bits per heavy atom. The molecule has 0 saturated heterocycles. The van der Waals surface area contributed by atoms with Crippen LogP contribution in [0.4, 0.5) is 0 Å². The quantitative estimate of drug-likeness (QED) is 0.559. The molecule has 0 heterocycles. The van der Waals surface area contributed by atoms with E-state index < -0.39 is 0 Å². The minimum Gasteiger partial charge on any atom is -0.466 e. The lowest BCUT2D eigenvalue weighted by atomic mass is 10.2. The Bertz CT molecular complexity index is 217. The van der Waals surface area contributed by atoms with Crippen molar-refractivity contribution in [3.63, 3.8) is 0 Å². The van der Waals surface area contributed by atoms with Gasteiger partial charge in [-0.25, -0.2) is 0 Å². The van der Waals surface area contributed by atoms with E-state index in [-0.39, 0.29) is 5.97 Å². The molecule has 1 aromatic carbocycles. The van der Waals surface area contributed by atoms with Crippen LogP contribution in [0.25, 0.3) is 0 Å². The summed E-state index contributed by atoms with van der Waals surface area (Å²) in [4.78, 5) is 10.7. The summed E-state index contributed by atoms with van der Waals surface area (Å²) in [6.45, 7) is 4.45. The van der Waals surface area contributed by atoms with E-state index >= 15 is 0 Å². The second-order valence-electron chi connectivity index (χ2n) is 3.42. The van der Waals surface area contributed by atoms with Gasteiger partial charge in [-0.1, -0.05) is 56.2 Å². The van der Waals surface area contributed by atoms with Crippen LogP contribution in [-0.4, -0.2) is 12.6 Å². The highest BCUT2D eigenvalue weighted by atomic mass is 16.5. The molecule has 1 aromatic rings. The standard InChI is InChI=1S/C8H16O2.C6H6/c1-3-5-6-7-8(9)10-4-2;1-2-4-6-5-3-1/h3-7H2,1-2H3;1-6H. The van der Waals surface area contributed by atoms with E-state index in [2.05, 4.69) is 6.92 Å². The maximum atomic E-state index is 10.7. The number of hydrogen-bond acceptors (Lipinski definition) is 2. The van der Waals surface area contributed by atoms with E-state index in [1.807, 2.05) is 43.3 Å². The van der Waals surface area contributed by atoms with Crippen LogP contribution in [0, 0.1) is 0 Å². The first-order valence-electron chi connectivity index (χ1n) is 5.96. The molecular formula is C14H22O2. The van der Waals surface area contributed by atoms with Crippen molar-refractivity contribution in [3.05, 3.63) is 36.4 Å². The third-order valence-electron chi connectivity index (χ3n) is 1.96. The first kappa shape index (κ1) is 14.7. The highest BCUT2D eigenvalue weighted by Gasteiger charge is 1.98. The summed E-state index contributed by atoms with van der Waals surface area (Å²) in [5, 5.41) is 0. The molecule has 1 rings (SSSR count). The fourth-order valence-corrected chi connectivity index (χ4v) is 1.14. The largest absolute Gasteiger partial charge is 0.466 e. The van der Waals surface area contributed by atoms with Crippen LogP contribution in [0.5, 0.6) is 0 Å². The second kappa shape index (κ2) is 11.8. The zero-order valence-corrected chi connectivity index (χ0v) is 10.3. The van der Waals surface area contributed by atoms with Gasteiger partial charge < -0.3 is 4.74 Å². The predicted octanol–water partition coefficient (Wildman–Crippen LogP) is 3.82. The third kappa shape index (κ3) is 10.8. The number of hydrogen-bond donors (Lipinski definition) is 0. The first-order chi connectivity index (χ1) is 7.81. The number of carbonyl (C=O) groups excluding carboxylic acids is 1. The van der Waals surface area contributed by atoms with Crippen LogP contribution in [0.3, 0.4) is 0 Å². The molecule has 0 amide bonds. The second-order valence-corrected chi connectivity index (χ2v) is 3.42. The molecule has 0 saturated carbocycles. The Kier molecular flexibility index (Phi) is 10.8. The smallest absolute Gasteiger partial charge is 0.305 e. The Morgan fingerprint density at radius 1 is 0.938 bits per heavy atom. The zero-order valence-electron chi connectivity index (χ0n) is 10.3. The highest BCUT2D eigenvalue weighted by molar-refractivity contribution is 5.69. The maximum Gasteiger partial charge on any atom is 0.305 e. The number of rotatable bonds is 5. The molecule has 0 fully saturated rings. The molecule has 2 nitrogen and oxygen atoms in total. The van der Waals surface area contributed by atoms with Crippen LogP contribution in [0.1, 0.15) is 39.5 Å². The molecule has 0 atom stereocenters. The van der Waals surface area contributed by atoms with Crippen LogP contribution in [0.2, 0.25) is 0 Å². The van der Waals surface area contributed by atoms with E-state index in [0.29, 0.717) is 13.0 Å². The molecule has 2 heteroatoms. The molecule has 0 aromatic heterocycles. The topological polar surface area (TPSA) is 26.3 Å². The molecule has 0 unspecified atom stereocenters. The average Bonchev–Trinajstić information content (AvgIpc) is 2.33. The van der Waals surface area contributed by atoms with Crippen molar-refractivity contribution < 1.29 is 9.53 Å². The van der Waals surface area contributed by atoms with E-state index in [4.69, 9.17) is 4.74 Å². The van der Waals surface area contributed by atoms with Gasteiger partial charge in [0.25, 0.3) is 0 Å². The lowest BCUT2D eigenvalue weighted by Crippen LogP contribution is -2.02. The van der Waals surface area contributed by atoms with Crippen molar-refractivity contribution in [1.29, 1.82) is 0 Å². The van der Waals surface area contributed by atoms with Gasteiger partial charge in [0.05, 0.1) is 6.61 Å². The summed E-state index contributed by atoms with van der Waals surface area (Å²) >= 11 is 0. The number of carbonyl (C=O) groups is 1. The molecule has 90 valence electrons. The van der Waals surface area contributed by atoms with E-state index in [9.17, 15) is 4.79 Å². The van der Waals surface area contributed by atoms with Crippen LogP contribution in [0.15, 0.2) is 36.4 Å². The molecule has 0 bridgehead atoms. The van der Waals surface area contributed by atoms with Crippen LogP contribution in [-0.2, 0) is 9.53 Å². The molecule has 16 heavy (non-hydrogen) atoms. The normalized spacial score (nSPS) is 8.88. The van der Waals surface area contributed by atoms with Crippen molar-refractivity contribution >= 4 is 5.97 Å². The van der Waals surface area contributed by atoms with E-state index in [0.717, 1.165) is 19.3 Å². The van der Waals surface area contributed by atoms with Gasteiger partial charge >= 0.3 is 5.97 Å². The number of benzene rings is 1. The van der Waals surface area contributed by atoms with Gasteiger partial charge in [-0.15, -0.1) is 0 Å². The lowest BCUT2D eigenvalue weighted by Gasteiger charge is -1.99. The molecule has 0 spiro atoms. The Morgan fingerprint density at radius 3 is 1.81 bits per heavy atom. The minimum atomic E-state index is -0.0593. The molecule has 0 N–H and O–H groups in total. The van der Waals surface area contributed by atoms with E-state index in [1.54, 1.807) is 0 Å². The SMILES string of the molecule is CCCCCC(=O)OCC.c1ccccc1. The Labute approximate surface area is 98.6 Å². The van der Waals surface area contributed by atoms with Crippen molar-refractivity contribution in [2.45, 2.75) is 39.5 Å². The van der Waals surface area contributed by atoms with Crippen LogP contribution >= 0.6 is 0 Å². The van der Waals surface area contributed by atoms with Gasteiger partial charge in [0.1, 0.15) is 0 Å². The van der Waals surface area contributed by atoms with Gasteiger partial charge in [-0.3, -0.25) is 4.79 Å². The molecule has 0 aliphatic carbocycles. The first-order valence-corrected chi connectivity index (χ1v) is 5.96. The third-order valence-corrected chi connectivity index (χ3v) is 1.96. The van der Waals surface area contributed by atoms with Crippen molar-refractivity contribution in [2.75, 3.05) is 6.61 Å². The Balaban J connectivity index is 0.000000315. The van der Waals surface area contributed by atoms with Gasteiger partial charge in [0.15, 0.2) is 0 Å². The summed E-state index contributed by atoms with van der Waals surface area (Å²) in [6, 6.07) is 12.0. The van der Waals surface area contributed by atoms with Gasteiger partial charge in [-0.2, -0.15) is 0 Å². The number of ether oxygens (including phenoxy) is 1. The lowest BCUT2D eigenvalue weighted by molar-refractivity contribution is -0.143. The number of esters is 1. The average molecular weight is 222 g/mol. The summed E-state index contributed by atoms with van der Waals surface area (Å²) < 4.78 is 4.75. The zero-order chi connectivity index (χ0) is 12.1. The fourth-order valence-electron chi connectivity index (χ4n) is 1.14. The van der Waals surface area contributed by atoms with Crippen LogP contribution < -0.4 is 0 Å². The monoisotopic (exact) mass is 222 g/mol.